The molecule has 1 heterocycles. The van der Waals surface area contributed by atoms with Crippen LogP contribution in [0.4, 0.5) is 11.4 Å². The normalized spacial score (nSPS) is 29.3. The first-order valence-corrected chi connectivity index (χ1v) is 8.91. The summed E-state index contributed by atoms with van der Waals surface area (Å²) in [5, 5.41) is 24.2. The van der Waals surface area contributed by atoms with Gasteiger partial charge in [-0.05, 0) is 51.5 Å². The van der Waals surface area contributed by atoms with Crippen molar-refractivity contribution in [3.63, 3.8) is 0 Å². The van der Waals surface area contributed by atoms with Gasteiger partial charge < -0.3 is 10.4 Å². The van der Waals surface area contributed by atoms with Gasteiger partial charge in [-0.25, -0.2) is 0 Å². The van der Waals surface area contributed by atoms with E-state index >= 15 is 0 Å². The van der Waals surface area contributed by atoms with Gasteiger partial charge in [0.05, 0.1) is 11.0 Å². The number of piperidine rings is 1. The Morgan fingerprint density at radius 2 is 1.83 bits per heavy atom. The van der Waals surface area contributed by atoms with E-state index in [1.807, 2.05) is 6.07 Å². The highest BCUT2D eigenvalue weighted by Crippen LogP contribution is 2.36. The molecule has 24 heavy (non-hydrogen) atoms. The largest absolute Gasteiger partial charge is 0.393 e. The van der Waals surface area contributed by atoms with Crippen LogP contribution in [-0.4, -0.2) is 45.7 Å². The number of nitrogens with zero attached hydrogens (tertiary/aromatic N) is 2. The fraction of sp³-hybridized carbons (Fsp3) is 0.667. The zero-order valence-electron chi connectivity index (χ0n) is 14.3. The Kier molecular flexibility index (Phi) is 5.06. The van der Waals surface area contributed by atoms with Gasteiger partial charge in [0.1, 0.15) is 5.69 Å². The zero-order valence-corrected chi connectivity index (χ0v) is 14.3. The number of para-hydroxylation sites is 2. The number of nitrogens with one attached hydrogen (secondary N) is 1. The minimum atomic E-state index is -0.328. The van der Waals surface area contributed by atoms with Crippen LogP contribution in [0.1, 0.15) is 45.4 Å². The molecule has 2 N–H and O–H groups in total. The predicted octanol–water partition coefficient (Wildman–Crippen LogP) is 3.16. The van der Waals surface area contributed by atoms with Crippen LogP contribution in [0.5, 0.6) is 0 Å². The second kappa shape index (κ2) is 7.07. The van der Waals surface area contributed by atoms with E-state index in [-0.39, 0.29) is 28.3 Å². The van der Waals surface area contributed by atoms with Crippen LogP contribution in [0.3, 0.4) is 0 Å². The Bertz CT molecular complexity index is 577. The van der Waals surface area contributed by atoms with E-state index in [2.05, 4.69) is 17.1 Å². The number of benzene rings is 1. The van der Waals surface area contributed by atoms with Crippen LogP contribution in [-0.2, 0) is 0 Å². The third kappa shape index (κ3) is 3.70. The number of rotatable bonds is 4. The van der Waals surface area contributed by atoms with Crippen molar-refractivity contribution >= 4 is 11.4 Å². The third-order valence-electron chi connectivity index (χ3n) is 5.75. The molecular formula is C18H27N3O3. The number of hydrogen-bond donors (Lipinski definition) is 2. The van der Waals surface area contributed by atoms with Gasteiger partial charge in [-0.2, -0.15) is 0 Å². The van der Waals surface area contributed by atoms with Crippen LogP contribution in [0.2, 0.25) is 0 Å². The zero-order chi connectivity index (χ0) is 17.2. The van der Waals surface area contributed by atoms with Gasteiger partial charge in [-0.1, -0.05) is 12.1 Å². The molecule has 0 aromatic heterocycles. The lowest BCUT2D eigenvalue weighted by Crippen LogP contribution is -2.53. The van der Waals surface area contributed by atoms with E-state index in [0.717, 1.165) is 51.6 Å². The number of anilines is 1. The number of hydrogen-bond acceptors (Lipinski definition) is 5. The highest BCUT2D eigenvalue weighted by Gasteiger charge is 2.37. The standard InChI is InChI=1S/C18H27N3O3/c1-18(10-6-15(22)7-11-18)20-12-8-14(9-13-20)19-16-4-2-3-5-17(16)21(23)24/h2-5,14-15,19,22H,6-13H2,1H3. The molecule has 6 heteroatoms. The first kappa shape index (κ1) is 17.2. The average molecular weight is 333 g/mol. The van der Waals surface area contributed by atoms with E-state index in [4.69, 9.17) is 0 Å². The Morgan fingerprint density at radius 1 is 1.21 bits per heavy atom. The first-order chi connectivity index (χ1) is 11.5. The van der Waals surface area contributed by atoms with E-state index < -0.39 is 0 Å². The summed E-state index contributed by atoms with van der Waals surface area (Å²) in [6.45, 7) is 4.32. The molecule has 1 aromatic carbocycles. The molecule has 2 fully saturated rings. The van der Waals surface area contributed by atoms with Gasteiger partial charge in [-0.3, -0.25) is 15.0 Å². The lowest BCUT2D eigenvalue weighted by molar-refractivity contribution is -0.384. The first-order valence-electron chi connectivity index (χ1n) is 8.91. The molecule has 3 rings (SSSR count). The maximum atomic E-state index is 11.1. The predicted molar refractivity (Wildman–Crippen MR) is 94.2 cm³/mol. The van der Waals surface area contributed by atoms with Crippen molar-refractivity contribution in [2.75, 3.05) is 18.4 Å². The number of aliphatic hydroxyl groups excluding tert-OH is 1. The molecule has 0 amide bonds. The minimum absolute atomic E-state index is 0.129. The number of likely N-dealkylation sites (tertiary alicyclic amines) is 1. The van der Waals surface area contributed by atoms with Gasteiger partial charge in [-0.15, -0.1) is 0 Å². The summed E-state index contributed by atoms with van der Waals surface area (Å²) < 4.78 is 0. The van der Waals surface area contributed by atoms with Crippen molar-refractivity contribution in [3.05, 3.63) is 34.4 Å². The Labute approximate surface area is 143 Å². The quantitative estimate of drug-likeness (QED) is 0.653. The van der Waals surface area contributed by atoms with E-state index in [9.17, 15) is 15.2 Å². The maximum absolute atomic E-state index is 11.1. The van der Waals surface area contributed by atoms with Gasteiger partial charge in [0.15, 0.2) is 0 Å². The van der Waals surface area contributed by atoms with Gasteiger partial charge >= 0.3 is 0 Å². The third-order valence-corrected chi connectivity index (χ3v) is 5.75. The topological polar surface area (TPSA) is 78.6 Å². The van der Waals surface area contributed by atoms with Crippen LogP contribution >= 0.6 is 0 Å². The molecule has 0 bridgehead atoms. The molecule has 0 atom stereocenters. The summed E-state index contributed by atoms with van der Waals surface area (Å²) in [6.07, 6.45) is 5.74. The molecule has 1 aliphatic heterocycles. The van der Waals surface area contributed by atoms with E-state index in [1.54, 1.807) is 18.2 Å². The lowest BCUT2D eigenvalue weighted by atomic mass is 9.79. The summed E-state index contributed by atoms with van der Waals surface area (Å²) >= 11 is 0. The van der Waals surface area contributed by atoms with Crippen LogP contribution in [0.25, 0.3) is 0 Å². The van der Waals surface area contributed by atoms with Crippen molar-refractivity contribution in [2.45, 2.75) is 63.1 Å². The van der Waals surface area contributed by atoms with Crippen LogP contribution in [0.15, 0.2) is 24.3 Å². The highest BCUT2D eigenvalue weighted by atomic mass is 16.6. The number of nitro groups is 1. The van der Waals surface area contributed by atoms with Crippen LogP contribution in [0, 0.1) is 10.1 Å². The van der Waals surface area contributed by atoms with Crippen molar-refractivity contribution in [2.24, 2.45) is 0 Å². The number of nitro benzene ring substituents is 1. The Morgan fingerprint density at radius 3 is 2.46 bits per heavy atom. The summed E-state index contributed by atoms with van der Waals surface area (Å²) in [4.78, 5) is 13.4. The van der Waals surface area contributed by atoms with Gasteiger partial charge in [0.2, 0.25) is 0 Å². The molecule has 1 saturated carbocycles. The second-order valence-electron chi connectivity index (χ2n) is 7.41. The average Bonchev–Trinajstić information content (AvgIpc) is 2.59. The van der Waals surface area contributed by atoms with Crippen molar-refractivity contribution in [1.29, 1.82) is 0 Å². The molecule has 2 aliphatic rings. The molecule has 6 nitrogen and oxygen atoms in total. The van der Waals surface area contributed by atoms with Crippen molar-refractivity contribution in [1.82, 2.24) is 4.90 Å². The molecule has 132 valence electrons. The summed E-state index contributed by atoms with van der Waals surface area (Å²) in [5.41, 5.74) is 0.962. The monoisotopic (exact) mass is 333 g/mol. The molecular weight excluding hydrogens is 306 g/mol. The highest BCUT2D eigenvalue weighted by molar-refractivity contribution is 5.61. The van der Waals surface area contributed by atoms with Crippen molar-refractivity contribution in [3.8, 4) is 0 Å². The lowest BCUT2D eigenvalue weighted by Gasteiger charge is -2.48. The smallest absolute Gasteiger partial charge is 0.292 e. The number of aliphatic hydroxyl groups is 1. The summed E-state index contributed by atoms with van der Waals surface area (Å²) in [7, 11) is 0. The van der Waals surface area contributed by atoms with Crippen molar-refractivity contribution < 1.29 is 10.0 Å². The SMILES string of the molecule is CC1(N2CCC(Nc3ccccc3[N+](=O)[O-])CC2)CCC(O)CC1. The second-order valence-corrected chi connectivity index (χ2v) is 7.41. The molecule has 0 radical (unpaired) electrons. The van der Waals surface area contributed by atoms with Crippen LogP contribution < -0.4 is 5.32 Å². The molecule has 1 aliphatic carbocycles. The maximum Gasteiger partial charge on any atom is 0.292 e. The molecule has 0 spiro atoms. The molecule has 0 unspecified atom stereocenters. The molecule has 1 saturated heterocycles. The Hall–Kier alpha value is -1.66. The Balaban J connectivity index is 1.57. The minimum Gasteiger partial charge on any atom is -0.393 e. The molecule has 1 aromatic rings. The van der Waals surface area contributed by atoms with E-state index in [0.29, 0.717) is 5.69 Å². The summed E-state index contributed by atoms with van der Waals surface area (Å²) in [5.74, 6) is 0. The van der Waals surface area contributed by atoms with E-state index in [1.165, 1.54) is 0 Å². The summed E-state index contributed by atoms with van der Waals surface area (Å²) in [6, 6.07) is 7.14. The van der Waals surface area contributed by atoms with Gasteiger partial charge in [0.25, 0.3) is 5.69 Å². The fourth-order valence-corrected chi connectivity index (χ4v) is 4.08. The fourth-order valence-electron chi connectivity index (χ4n) is 4.08. The van der Waals surface area contributed by atoms with Gasteiger partial charge in [0, 0.05) is 30.7 Å².